The molecule has 0 aliphatic heterocycles. The standard InChI is InChI=1S/C9H20OSi/c1-7-8-10-11(5,6)9(2,3)4/h7-8H,1-6H3/b8-7+. The van der Waals surface area contributed by atoms with Gasteiger partial charge >= 0.3 is 0 Å². The van der Waals surface area contributed by atoms with Crippen molar-refractivity contribution in [3.63, 3.8) is 0 Å². The van der Waals surface area contributed by atoms with Crippen LogP contribution in [0.4, 0.5) is 0 Å². The van der Waals surface area contributed by atoms with Gasteiger partial charge in [0.15, 0.2) is 0 Å². The third-order valence-electron chi connectivity index (χ3n) is 2.30. The summed E-state index contributed by atoms with van der Waals surface area (Å²) in [4.78, 5) is 0. The van der Waals surface area contributed by atoms with E-state index in [9.17, 15) is 0 Å². The molecule has 0 bridgehead atoms. The molecule has 0 rings (SSSR count). The average molecular weight is 172 g/mol. The molecule has 0 aromatic carbocycles. The van der Waals surface area contributed by atoms with Crippen LogP contribution in [0.2, 0.25) is 18.1 Å². The maximum Gasteiger partial charge on any atom is 0.249 e. The van der Waals surface area contributed by atoms with E-state index in [1.54, 1.807) is 0 Å². The van der Waals surface area contributed by atoms with Gasteiger partial charge < -0.3 is 4.43 Å². The van der Waals surface area contributed by atoms with Crippen molar-refractivity contribution in [2.24, 2.45) is 0 Å². The summed E-state index contributed by atoms with van der Waals surface area (Å²) in [6.45, 7) is 13.2. The van der Waals surface area contributed by atoms with Crippen molar-refractivity contribution >= 4 is 8.32 Å². The van der Waals surface area contributed by atoms with Gasteiger partial charge in [-0.1, -0.05) is 26.8 Å². The van der Waals surface area contributed by atoms with Gasteiger partial charge in [-0.15, -0.1) is 0 Å². The van der Waals surface area contributed by atoms with Crippen molar-refractivity contribution in [3.8, 4) is 0 Å². The molecule has 0 radical (unpaired) electrons. The second kappa shape index (κ2) is 3.44. The predicted molar refractivity (Wildman–Crippen MR) is 53.1 cm³/mol. The van der Waals surface area contributed by atoms with E-state index >= 15 is 0 Å². The molecule has 0 saturated heterocycles. The van der Waals surface area contributed by atoms with Crippen LogP contribution >= 0.6 is 0 Å². The van der Waals surface area contributed by atoms with Crippen molar-refractivity contribution < 1.29 is 4.43 Å². The Morgan fingerprint density at radius 3 is 1.91 bits per heavy atom. The molecule has 0 saturated carbocycles. The number of hydrogen-bond donors (Lipinski definition) is 0. The zero-order chi connectivity index (χ0) is 9.12. The zero-order valence-electron chi connectivity index (χ0n) is 8.56. The minimum Gasteiger partial charge on any atom is -0.549 e. The molecule has 0 aliphatic rings. The van der Waals surface area contributed by atoms with Gasteiger partial charge in [-0.2, -0.15) is 0 Å². The lowest BCUT2D eigenvalue weighted by Gasteiger charge is -2.34. The van der Waals surface area contributed by atoms with Crippen LogP contribution in [-0.4, -0.2) is 8.32 Å². The first-order valence-electron chi connectivity index (χ1n) is 4.10. The summed E-state index contributed by atoms with van der Waals surface area (Å²) in [6.07, 6.45) is 3.76. The van der Waals surface area contributed by atoms with E-state index in [1.165, 1.54) is 0 Å². The Kier molecular flexibility index (Phi) is 3.36. The second-order valence-corrected chi connectivity index (χ2v) is 9.10. The molecule has 66 valence electrons. The van der Waals surface area contributed by atoms with E-state index < -0.39 is 8.32 Å². The zero-order valence-corrected chi connectivity index (χ0v) is 9.56. The number of allylic oxidation sites excluding steroid dienone is 1. The van der Waals surface area contributed by atoms with E-state index in [-0.39, 0.29) is 0 Å². The van der Waals surface area contributed by atoms with E-state index in [1.807, 2.05) is 19.3 Å². The van der Waals surface area contributed by atoms with Gasteiger partial charge in [-0.05, 0) is 25.1 Å². The summed E-state index contributed by atoms with van der Waals surface area (Å²) < 4.78 is 5.70. The first kappa shape index (κ1) is 10.8. The summed E-state index contributed by atoms with van der Waals surface area (Å²) in [6, 6.07) is 0. The van der Waals surface area contributed by atoms with E-state index in [4.69, 9.17) is 4.43 Å². The monoisotopic (exact) mass is 172 g/mol. The Labute approximate surface area is 71.6 Å². The SMILES string of the molecule is C/C=C/O[Si](C)(C)C(C)(C)C. The van der Waals surface area contributed by atoms with Crippen LogP contribution in [0.15, 0.2) is 12.3 Å². The maximum atomic E-state index is 5.70. The van der Waals surface area contributed by atoms with Crippen LogP contribution in [0.1, 0.15) is 27.7 Å². The molecule has 11 heavy (non-hydrogen) atoms. The molecule has 0 atom stereocenters. The highest BCUT2D eigenvalue weighted by Crippen LogP contribution is 2.36. The molecule has 0 fully saturated rings. The van der Waals surface area contributed by atoms with Gasteiger partial charge in [0.1, 0.15) is 0 Å². The van der Waals surface area contributed by atoms with Gasteiger partial charge in [0, 0.05) is 0 Å². The fourth-order valence-corrected chi connectivity index (χ4v) is 1.24. The number of rotatable bonds is 2. The Hall–Kier alpha value is -0.243. The molecule has 0 unspecified atom stereocenters. The Morgan fingerprint density at radius 1 is 1.18 bits per heavy atom. The quantitative estimate of drug-likeness (QED) is 0.457. The first-order chi connectivity index (χ1) is 4.81. The molecule has 0 spiro atoms. The van der Waals surface area contributed by atoms with Gasteiger partial charge in [0.05, 0.1) is 6.26 Å². The van der Waals surface area contributed by atoms with Crippen LogP contribution in [0, 0.1) is 0 Å². The molecule has 0 N–H and O–H groups in total. The summed E-state index contributed by atoms with van der Waals surface area (Å²) in [7, 11) is -1.51. The lowest BCUT2D eigenvalue weighted by atomic mass is 10.2. The van der Waals surface area contributed by atoms with Crippen molar-refractivity contribution in [2.45, 2.75) is 45.8 Å². The summed E-state index contributed by atoms with van der Waals surface area (Å²) in [5.74, 6) is 0. The van der Waals surface area contributed by atoms with E-state index in [0.29, 0.717) is 5.04 Å². The van der Waals surface area contributed by atoms with Gasteiger partial charge in [-0.3, -0.25) is 0 Å². The molecular formula is C9H20OSi. The maximum absolute atomic E-state index is 5.70. The third kappa shape index (κ3) is 3.10. The van der Waals surface area contributed by atoms with Crippen molar-refractivity contribution in [1.29, 1.82) is 0 Å². The minimum atomic E-state index is -1.51. The highest BCUT2D eigenvalue weighted by Gasteiger charge is 2.37. The fraction of sp³-hybridized carbons (Fsp3) is 0.778. The highest BCUT2D eigenvalue weighted by atomic mass is 28.4. The Bertz CT molecular complexity index is 142. The molecule has 1 nitrogen and oxygen atoms in total. The number of hydrogen-bond acceptors (Lipinski definition) is 1. The lowest BCUT2D eigenvalue weighted by molar-refractivity contribution is 0.429. The van der Waals surface area contributed by atoms with Gasteiger partial charge in [0.2, 0.25) is 8.32 Å². The second-order valence-electron chi connectivity index (χ2n) is 4.35. The summed E-state index contributed by atoms with van der Waals surface area (Å²) in [5.41, 5.74) is 0. The van der Waals surface area contributed by atoms with Crippen LogP contribution in [0.5, 0.6) is 0 Å². The average Bonchev–Trinajstić information content (AvgIpc) is 1.81. The first-order valence-corrected chi connectivity index (χ1v) is 7.01. The largest absolute Gasteiger partial charge is 0.549 e. The van der Waals surface area contributed by atoms with Crippen LogP contribution in [0.3, 0.4) is 0 Å². The molecule has 0 aromatic heterocycles. The Morgan fingerprint density at radius 2 is 1.64 bits per heavy atom. The van der Waals surface area contributed by atoms with Gasteiger partial charge in [-0.25, -0.2) is 0 Å². The predicted octanol–water partition coefficient (Wildman–Crippen LogP) is 3.54. The molecular weight excluding hydrogens is 152 g/mol. The molecule has 0 aromatic rings. The molecule has 0 aliphatic carbocycles. The Balaban J connectivity index is 4.22. The highest BCUT2D eigenvalue weighted by molar-refractivity contribution is 6.74. The van der Waals surface area contributed by atoms with Crippen LogP contribution in [0.25, 0.3) is 0 Å². The van der Waals surface area contributed by atoms with E-state index in [2.05, 4.69) is 33.9 Å². The third-order valence-corrected chi connectivity index (χ3v) is 6.64. The summed E-state index contributed by atoms with van der Waals surface area (Å²) >= 11 is 0. The molecule has 0 heterocycles. The fourth-order valence-electron chi connectivity index (χ4n) is 0.415. The van der Waals surface area contributed by atoms with Crippen molar-refractivity contribution in [3.05, 3.63) is 12.3 Å². The van der Waals surface area contributed by atoms with E-state index in [0.717, 1.165) is 0 Å². The normalized spacial score (nSPS) is 14.0. The van der Waals surface area contributed by atoms with Crippen LogP contribution < -0.4 is 0 Å². The molecule has 0 amide bonds. The van der Waals surface area contributed by atoms with Gasteiger partial charge in [0.25, 0.3) is 0 Å². The lowest BCUT2D eigenvalue weighted by Crippen LogP contribution is -2.39. The van der Waals surface area contributed by atoms with Crippen LogP contribution in [-0.2, 0) is 4.43 Å². The van der Waals surface area contributed by atoms with Crippen molar-refractivity contribution in [1.82, 2.24) is 0 Å². The minimum absolute atomic E-state index is 0.312. The van der Waals surface area contributed by atoms with Crippen molar-refractivity contribution in [2.75, 3.05) is 0 Å². The summed E-state index contributed by atoms with van der Waals surface area (Å²) in [5, 5.41) is 0.312. The smallest absolute Gasteiger partial charge is 0.249 e. The topological polar surface area (TPSA) is 9.23 Å². The molecule has 2 heteroatoms.